The third-order valence-corrected chi connectivity index (χ3v) is 3.11. The van der Waals surface area contributed by atoms with Gasteiger partial charge in [0.05, 0.1) is 13.0 Å². The van der Waals surface area contributed by atoms with E-state index in [2.05, 4.69) is 10.6 Å². The minimum atomic E-state index is -0.00762. The number of benzene rings is 1. The maximum atomic E-state index is 12.0. The molecule has 0 bridgehead atoms. The number of phenolic OH excluding ortho intramolecular Hbond substituents is 1. The lowest BCUT2D eigenvalue weighted by atomic mass is 9.99. The number of carbonyl (C=O) groups excluding carboxylic acids is 1. The number of methoxy groups -OCH3 is 1. The minimum absolute atomic E-state index is 0.00277. The van der Waals surface area contributed by atoms with Gasteiger partial charge in [0.2, 0.25) is 5.91 Å². The molecule has 18 heavy (non-hydrogen) atoms. The van der Waals surface area contributed by atoms with Gasteiger partial charge in [-0.3, -0.25) is 4.79 Å². The second-order valence-electron chi connectivity index (χ2n) is 4.42. The molecule has 98 valence electrons. The first-order valence-electron chi connectivity index (χ1n) is 6.09. The molecule has 1 aromatic carbocycles. The molecule has 5 heteroatoms. The topological polar surface area (TPSA) is 70.6 Å². The summed E-state index contributed by atoms with van der Waals surface area (Å²) < 4.78 is 4.95. The summed E-state index contributed by atoms with van der Waals surface area (Å²) in [5, 5.41) is 15.6. The molecule has 0 unspecified atom stereocenters. The number of anilines is 1. The molecule has 0 radical (unpaired) electrons. The number of ether oxygens (including phenoxy) is 1. The van der Waals surface area contributed by atoms with Gasteiger partial charge in [-0.05, 0) is 31.5 Å². The Balaban J connectivity index is 2.00. The molecular formula is C13H18N2O3. The summed E-state index contributed by atoms with van der Waals surface area (Å²) in [4.78, 5) is 12.0. The maximum Gasteiger partial charge on any atom is 0.228 e. The molecule has 0 spiro atoms. The Labute approximate surface area is 106 Å². The van der Waals surface area contributed by atoms with Gasteiger partial charge < -0.3 is 20.5 Å². The second kappa shape index (κ2) is 5.73. The van der Waals surface area contributed by atoms with Crippen molar-refractivity contribution in [3.05, 3.63) is 18.2 Å². The number of nitrogens with one attached hydrogen (secondary N) is 2. The van der Waals surface area contributed by atoms with Gasteiger partial charge in [-0.15, -0.1) is 0 Å². The van der Waals surface area contributed by atoms with Crippen LogP contribution in [0.15, 0.2) is 18.2 Å². The summed E-state index contributed by atoms with van der Waals surface area (Å²) in [6.07, 6.45) is 1.92. The number of phenols is 1. The Kier molecular flexibility index (Phi) is 4.04. The van der Waals surface area contributed by atoms with Gasteiger partial charge in [0, 0.05) is 18.3 Å². The fourth-order valence-corrected chi connectivity index (χ4v) is 2.09. The highest BCUT2D eigenvalue weighted by molar-refractivity contribution is 5.93. The van der Waals surface area contributed by atoms with Crippen molar-refractivity contribution in [1.29, 1.82) is 0 Å². The first kappa shape index (κ1) is 12.7. The normalized spacial score (nSPS) is 19.3. The van der Waals surface area contributed by atoms with E-state index in [9.17, 15) is 9.90 Å². The minimum Gasteiger partial charge on any atom is -0.504 e. The van der Waals surface area contributed by atoms with Gasteiger partial charge in [-0.25, -0.2) is 0 Å². The number of rotatable bonds is 3. The lowest BCUT2D eigenvalue weighted by Crippen LogP contribution is -2.37. The monoisotopic (exact) mass is 250 g/mol. The number of aromatic hydroxyl groups is 1. The Bertz CT molecular complexity index is 428. The molecule has 1 aliphatic rings. The number of carbonyl (C=O) groups is 1. The summed E-state index contributed by atoms with van der Waals surface area (Å²) >= 11 is 0. The van der Waals surface area contributed by atoms with Crippen LogP contribution in [0.1, 0.15) is 12.8 Å². The number of hydrogen-bond acceptors (Lipinski definition) is 4. The van der Waals surface area contributed by atoms with E-state index in [4.69, 9.17) is 4.74 Å². The zero-order valence-electron chi connectivity index (χ0n) is 10.4. The van der Waals surface area contributed by atoms with Crippen molar-refractivity contribution >= 4 is 11.6 Å². The molecule has 1 aromatic rings. The van der Waals surface area contributed by atoms with Gasteiger partial charge in [0.25, 0.3) is 0 Å². The van der Waals surface area contributed by atoms with Crippen LogP contribution in [0.25, 0.3) is 0 Å². The van der Waals surface area contributed by atoms with Crippen molar-refractivity contribution in [2.45, 2.75) is 12.8 Å². The van der Waals surface area contributed by atoms with Crippen LogP contribution < -0.4 is 15.4 Å². The van der Waals surface area contributed by atoms with Crippen molar-refractivity contribution in [2.24, 2.45) is 5.92 Å². The van der Waals surface area contributed by atoms with Crippen LogP contribution in [0.4, 0.5) is 5.69 Å². The van der Waals surface area contributed by atoms with Gasteiger partial charge >= 0.3 is 0 Å². The summed E-state index contributed by atoms with van der Waals surface area (Å²) in [5.74, 6) is 0.416. The molecule has 0 aliphatic carbocycles. The molecule has 3 N–H and O–H groups in total. The second-order valence-corrected chi connectivity index (χ2v) is 4.42. The predicted octanol–water partition coefficient (Wildman–Crippen LogP) is 1.34. The van der Waals surface area contributed by atoms with Crippen molar-refractivity contribution in [3.8, 4) is 11.5 Å². The van der Waals surface area contributed by atoms with E-state index in [1.807, 2.05) is 0 Å². The number of amides is 1. The number of piperidine rings is 1. The highest BCUT2D eigenvalue weighted by Gasteiger charge is 2.21. The fraction of sp³-hybridized carbons (Fsp3) is 0.462. The standard InChI is InChI=1S/C13H18N2O3/c1-18-12-5-4-10(7-11(12)16)15-13(17)9-3-2-6-14-8-9/h4-5,7,9,14,16H,2-3,6,8H2,1H3,(H,15,17)/t9-/m0/s1. The van der Waals surface area contributed by atoms with E-state index in [1.165, 1.54) is 13.2 Å². The van der Waals surface area contributed by atoms with Crippen molar-refractivity contribution in [3.63, 3.8) is 0 Å². The summed E-state index contributed by atoms with van der Waals surface area (Å²) in [5.41, 5.74) is 0.587. The zero-order valence-corrected chi connectivity index (χ0v) is 10.4. The van der Waals surface area contributed by atoms with Gasteiger partial charge in [-0.2, -0.15) is 0 Å². The molecule has 1 saturated heterocycles. The molecule has 0 saturated carbocycles. The largest absolute Gasteiger partial charge is 0.504 e. The number of hydrogen-bond donors (Lipinski definition) is 3. The Morgan fingerprint density at radius 1 is 1.56 bits per heavy atom. The smallest absolute Gasteiger partial charge is 0.228 e. The molecule has 5 nitrogen and oxygen atoms in total. The highest BCUT2D eigenvalue weighted by Crippen LogP contribution is 2.28. The first-order valence-corrected chi connectivity index (χ1v) is 6.09. The molecule has 1 fully saturated rings. The van der Waals surface area contributed by atoms with Crippen LogP contribution in [-0.2, 0) is 4.79 Å². The van der Waals surface area contributed by atoms with Crippen LogP contribution in [-0.4, -0.2) is 31.2 Å². The Hall–Kier alpha value is -1.75. The van der Waals surface area contributed by atoms with Crippen molar-refractivity contribution in [2.75, 3.05) is 25.5 Å². The lowest BCUT2D eigenvalue weighted by Gasteiger charge is -2.22. The van der Waals surface area contributed by atoms with E-state index in [0.717, 1.165) is 19.4 Å². The SMILES string of the molecule is COc1ccc(NC(=O)[C@H]2CCCNC2)cc1O. The highest BCUT2D eigenvalue weighted by atomic mass is 16.5. The molecule has 1 amide bonds. The maximum absolute atomic E-state index is 12.0. The van der Waals surface area contributed by atoms with E-state index in [0.29, 0.717) is 18.0 Å². The molecule has 1 heterocycles. The lowest BCUT2D eigenvalue weighted by molar-refractivity contribution is -0.120. The Morgan fingerprint density at radius 2 is 2.39 bits per heavy atom. The third-order valence-electron chi connectivity index (χ3n) is 3.11. The van der Waals surface area contributed by atoms with Crippen LogP contribution in [0.2, 0.25) is 0 Å². The Morgan fingerprint density at radius 3 is 3.00 bits per heavy atom. The third kappa shape index (κ3) is 2.92. The zero-order chi connectivity index (χ0) is 13.0. The van der Waals surface area contributed by atoms with Crippen molar-refractivity contribution in [1.82, 2.24) is 5.32 Å². The average molecular weight is 250 g/mol. The van der Waals surface area contributed by atoms with Crippen LogP contribution >= 0.6 is 0 Å². The first-order chi connectivity index (χ1) is 8.70. The van der Waals surface area contributed by atoms with E-state index < -0.39 is 0 Å². The molecule has 0 aromatic heterocycles. The van der Waals surface area contributed by atoms with Crippen LogP contribution in [0, 0.1) is 5.92 Å². The van der Waals surface area contributed by atoms with Gasteiger partial charge in [0.15, 0.2) is 11.5 Å². The van der Waals surface area contributed by atoms with Gasteiger partial charge in [-0.1, -0.05) is 0 Å². The summed E-state index contributed by atoms with van der Waals surface area (Å²) in [6, 6.07) is 4.84. The van der Waals surface area contributed by atoms with E-state index in [-0.39, 0.29) is 17.6 Å². The predicted molar refractivity (Wildman–Crippen MR) is 68.9 cm³/mol. The quantitative estimate of drug-likeness (QED) is 0.757. The van der Waals surface area contributed by atoms with Gasteiger partial charge in [0.1, 0.15) is 0 Å². The van der Waals surface area contributed by atoms with Crippen LogP contribution in [0.5, 0.6) is 11.5 Å². The summed E-state index contributed by atoms with van der Waals surface area (Å²) in [7, 11) is 1.49. The summed E-state index contributed by atoms with van der Waals surface area (Å²) in [6.45, 7) is 1.70. The molecule has 1 aliphatic heterocycles. The van der Waals surface area contributed by atoms with Crippen LogP contribution in [0.3, 0.4) is 0 Å². The average Bonchev–Trinajstić information content (AvgIpc) is 2.40. The molecule has 1 atom stereocenters. The van der Waals surface area contributed by atoms with E-state index >= 15 is 0 Å². The molecular weight excluding hydrogens is 232 g/mol. The van der Waals surface area contributed by atoms with E-state index in [1.54, 1.807) is 12.1 Å². The molecule has 2 rings (SSSR count). The van der Waals surface area contributed by atoms with Crippen molar-refractivity contribution < 1.29 is 14.6 Å². The fourth-order valence-electron chi connectivity index (χ4n) is 2.09.